The third-order valence-corrected chi connectivity index (χ3v) is 3.71. The van der Waals surface area contributed by atoms with Crippen LogP contribution in [-0.2, 0) is 9.53 Å². The van der Waals surface area contributed by atoms with Crippen molar-refractivity contribution < 1.29 is 9.53 Å². The predicted octanol–water partition coefficient (Wildman–Crippen LogP) is 1.94. The van der Waals surface area contributed by atoms with Crippen LogP contribution in [0.1, 0.15) is 47.0 Å². The molecule has 19 heavy (non-hydrogen) atoms. The van der Waals surface area contributed by atoms with Crippen molar-refractivity contribution in [2.24, 2.45) is 11.8 Å². The number of hydrogen-bond acceptors (Lipinski definition) is 3. The van der Waals surface area contributed by atoms with Crippen LogP contribution in [0, 0.1) is 11.8 Å². The van der Waals surface area contributed by atoms with Crippen LogP contribution in [-0.4, -0.2) is 37.7 Å². The Morgan fingerprint density at radius 3 is 2.79 bits per heavy atom. The average molecular weight is 270 g/mol. The molecule has 1 aliphatic heterocycles. The summed E-state index contributed by atoms with van der Waals surface area (Å²) in [5.74, 6) is 1.31. The maximum absolute atomic E-state index is 11.8. The van der Waals surface area contributed by atoms with E-state index in [1.165, 1.54) is 0 Å². The number of piperidine rings is 1. The second-order valence-electron chi connectivity index (χ2n) is 6.21. The highest BCUT2D eigenvalue weighted by atomic mass is 16.5. The van der Waals surface area contributed by atoms with Crippen molar-refractivity contribution in [1.82, 2.24) is 10.6 Å². The van der Waals surface area contributed by atoms with E-state index in [0.29, 0.717) is 24.9 Å². The van der Waals surface area contributed by atoms with E-state index in [2.05, 4.69) is 38.3 Å². The van der Waals surface area contributed by atoms with Gasteiger partial charge in [0.05, 0.1) is 12.7 Å². The molecule has 0 radical (unpaired) electrons. The molecule has 3 unspecified atom stereocenters. The van der Waals surface area contributed by atoms with Gasteiger partial charge in [0.2, 0.25) is 5.91 Å². The van der Waals surface area contributed by atoms with Gasteiger partial charge in [0, 0.05) is 19.0 Å². The molecule has 1 heterocycles. The summed E-state index contributed by atoms with van der Waals surface area (Å²) in [5.41, 5.74) is 0. The van der Waals surface area contributed by atoms with Crippen LogP contribution in [0.5, 0.6) is 0 Å². The largest absolute Gasteiger partial charge is 0.378 e. The SMILES string of the molecule is CC(C)CC(C)OCCC(=O)NC1CNCCC1C. The van der Waals surface area contributed by atoms with Gasteiger partial charge >= 0.3 is 0 Å². The molecule has 0 spiro atoms. The molecular weight excluding hydrogens is 240 g/mol. The number of ether oxygens (including phenoxy) is 1. The number of carbonyl (C=O) groups excluding carboxylic acids is 1. The van der Waals surface area contributed by atoms with Crippen molar-refractivity contribution in [1.29, 1.82) is 0 Å². The lowest BCUT2D eigenvalue weighted by Gasteiger charge is -2.30. The summed E-state index contributed by atoms with van der Waals surface area (Å²) in [6, 6.07) is 0.273. The molecule has 0 aromatic carbocycles. The number of carbonyl (C=O) groups is 1. The second-order valence-corrected chi connectivity index (χ2v) is 6.21. The van der Waals surface area contributed by atoms with Crippen LogP contribution in [0.2, 0.25) is 0 Å². The topological polar surface area (TPSA) is 50.4 Å². The Balaban J connectivity index is 2.13. The molecule has 0 aliphatic carbocycles. The van der Waals surface area contributed by atoms with Crippen molar-refractivity contribution in [3.8, 4) is 0 Å². The zero-order valence-electron chi connectivity index (χ0n) is 12.9. The van der Waals surface area contributed by atoms with Gasteiger partial charge in [-0.05, 0) is 38.1 Å². The van der Waals surface area contributed by atoms with Gasteiger partial charge in [0.25, 0.3) is 0 Å². The highest BCUT2D eigenvalue weighted by Crippen LogP contribution is 2.11. The third kappa shape index (κ3) is 6.92. The maximum Gasteiger partial charge on any atom is 0.222 e. The van der Waals surface area contributed by atoms with E-state index >= 15 is 0 Å². The number of nitrogens with one attached hydrogen (secondary N) is 2. The van der Waals surface area contributed by atoms with E-state index in [-0.39, 0.29) is 18.1 Å². The lowest BCUT2D eigenvalue weighted by Crippen LogP contribution is -2.50. The standard InChI is InChI=1S/C15H30N2O2/c1-11(2)9-13(4)19-8-6-15(18)17-14-10-16-7-5-12(14)3/h11-14,16H,5-10H2,1-4H3,(H,17,18). The molecule has 0 aromatic heterocycles. The molecule has 1 aliphatic rings. The maximum atomic E-state index is 11.8. The number of rotatable bonds is 7. The summed E-state index contributed by atoms with van der Waals surface area (Å²) in [7, 11) is 0. The average Bonchev–Trinajstić information content (AvgIpc) is 2.31. The van der Waals surface area contributed by atoms with Crippen LogP contribution >= 0.6 is 0 Å². The molecule has 4 heteroatoms. The minimum atomic E-state index is 0.109. The minimum absolute atomic E-state index is 0.109. The van der Waals surface area contributed by atoms with Crippen molar-refractivity contribution in [2.45, 2.75) is 59.1 Å². The van der Waals surface area contributed by atoms with E-state index in [1.807, 2.05) is 0 Å². The van der Waals surface area contributed by atoms with Crippen molar-refractivity contribution in [3.63, 3.8) is 0 Å². The fraction of sp³-hybridized carbons (Fsp3) is 0.933. The molecule has 1 rings (SSSR count). The van der Waals surface area contributed by atoms with Crippen molar-refractivity contribution in [2.75, 3.05) is 19.7 Å². The van der Waals surface area contributed by atoms with Gasteiger partial charge in [0.15, 0.2) is 0 Å². The Morgan fingerprint density at radius 1 is 1.42 bits per heavy atom. The Hall–Kier alpha value is -0.610. The van der Waals surface area contributed by atoms with Crippen LogP contribution in [0.25, 0.3) is 0 Å². The van der Waals surface area contributed by atoms with Crippen LogP contribution < -0.4 is 10.6 Å². The molecule has 1 fully saturated rings. The predicted molar refractivity (Wildman–Crippen MR) is 78.1 cm³/mol. The van der Waals surface area contributed by atoms with Crippen LogP contribution in [0.15, 0.2) is 0 Å². The van der Waals surface area contributed by atoms with Crippen LogP contribution in [0.3, 0.4) is 0 Å². The van der Waals surface area contributed by atoms with Gasteiger partial charge in [-0.15, -0.1) is 0 Å². The van der Waals surface area contributed by atoms with Crippen molar-refractivity contribution >= 4 is 5.91 Å². The molecule has 112 valence electrons. The van der Waals surface area contributed by atoms with Crippen LogP contribution in [0.4, 0.5) is 0 Å². The molecular formula is C15H30N2O2. The second kappa shape index (κ2) is 8.54. The smallest absolute Gasteiger partial charge is 0.222 e. The van der Waals surface area contributed by atoms with Gasteiger partial charge in [-0.1, -0.05) is 20.8 Å². The Morgan fingerprint density at radius 2 is 2.16 bits per heavy atom. The minimum Gasteiger partial charge on any atom is -0.378 e. The number of hydrogen-bond donors (Lipinski definition) is 2. The molecule has 0 aromatic rings. The van der Waals surface area contributed by atoms with Gasteiger partial charge in [-0.25, -0.2) is 0 Å². The van der Waals surface area contributed by atoms with E-state index in [1.54, 1.807) is 0 Å². The summed E-state index contributed by atoms with van der Waals surface area (Å²) >= 11 is 0. The van der Waals surface area contributed by atoms with Gasteiger partial charge < -0.3 is 15.4 Å². The first kappa shape index (κ1) is 16.4. The quantitative estimate of drug-likeness (QED) is 0.743. The van der Waals surface area contributed by atoms with Gasteiger partial charge in [-0.3, -0.25) is 4.79 Å². The molecule has 3 atom stereocenters. The highest BCUT2D eigenvalue weighted by Gasteiger charge is 2.22. The highest BCUT2D eigenvalue weighted by molar-refractivity contribution is 5.76. The summed E-state index contributed by atoms with van der Waals surface area (Å²) in [6.07, 6.45) is 2.88. The van der Waals surface area contributed by atoms with Gasteiger partial charge in [-0.2, -0.15) is 0 Å². The fourth-order valence-electron chi connectivity index (χ4n) is 2.55. The van der Waals surface area contributed by atoms with E-state index in [4.69, 9.17) is 4.74 Å². The van der Waals surface area contributed by atoms with E-state index < -0.39 is 0 Å². The molecule has 2 N–H and O–H groups in total. The fourth-order valence-corrected chi connectivity index (χ4v) is 2.55. The molecule has 0 bridgehead atoms. The lowest BCUT2D eigenvalue weighted by molar-refractivity contribution is -0.123. The monoisotopic (exact) mass is 270 g/mol. The Kier molecular flexibility index (Phi) is 7.39. The summed E-state index contributed by atoms with van der Waals surface area (Å²) in [4.78, 5) is 11.8. The molecule has 4 nitrogen and oxygen atoms in total. The zero-order chi connectivity index (χ0) is 14.3. The Labute approximate surface area is 117 Å². The molecule has 0 saturated carbocycles. The molecule has 1 saturated heterocycles. The lowest BCUT2D eigenvalue weighted by atomic mass is 9.95. The summed E-state index contributed by atoms with van der Waals surface area (Å²) < 4.78 is 5.66. The first-order valence-electron chi connectivity index (χ1n) is 7.60. The summed E-state index contributed by atoms with van der Waals surface area (Å²) in [5, 5.41) is 6.42. The van der Waals surface area contributed by atoms with E-state index in [9.17, 15) is 4.79 Å². The first-order chi connectivity index (χ1) is 8.99. The zero-order valence-corrected chi connectivity index (χ0v) is 12.9. The number of amides is 1. The first-order valence-corrected chi connectivity index (χ1v) is 7.60. The molecule has 1 amide bonds. The van der Waals surface area contributed by atoms with Crippen molar-refractivity contribution in [3.05, 3.63) is 0 Å². The third-order valence-electron chi connectivity index (χ3n) is 3.71. The van der Waals surface area contributed by atoms with Gasteiger partial charge in [0.1, 0.15) is 0 Å². The normalized spacial score (nSPS) is 25.3. The van der Waals surface area contributed by atoms with E-state index in [0.717, 1.165) is 25.9 Å². The Bertz CT molecular complexity index is 269. The summed E-state index contributed by atoms with van der Waals surface area (Å²) in [6.45, 7) is 11.1.